The van der Waals surface area contributed by atoms with E-state index in [4.69, 9.17) is 9.47 Å². The second kappa shape index (κ2) is 11.7. The number of esters is 1. The van der Waals surface area contributed by atoms with Gasteiger partial charge in [0.2, 0.25) is 5.88 Å². The van der Waals surface area contributed by atoms with Gasteiger partial charge in [0, 0.05) is 29.6 Å². The molecule has 3 aromatic rings. The zero-order valence-electron chi connectivity index (χ0n) is 24.6. The maximum absolute atomic E-state index is 15.0. The van der Waals surface area contributed by atoms with Crippen LogP contribution in [0, 0.1) is 17.7 Å². The lowest BCUT2D eigenvalue weighted by Crippen LogP contribution is -2.37. The first kappa shape index (κ1) is 28.9. The fraction of sp³-hybridized carbons (Fsp3) is 0.441. The van der Waals surface area contributed by atoms with Crippen LogP contribution in [0.4, 0.5) is 4.39 Å². The largest absolute Gasteiger partial charge is 0.481 e. The molecule has 0 spiro atoms. The number of rotatable bonds is 10. The van der Waals surface area contributed by atoms with Gasteiger partial charge in [-0.05, 0) is 106 Å². The van der Waals surface area contributed by atoms with Gasteiger partial charge in [0.1, 0.15) is 17.3 Å². The summed E-state index contributed by atoms with van der Waals surface area (Å²) in [6.07, 6.45) is 5.54. The van der Waals surface area contributed by atoms with Crippen molar-refractivity contribution in [3.63, 3.8) is 0 Å². The van der Waals surface area contributed by atoms with Crippen LogP contribution in [0.15, 0.2) is 54.7 Å². The number of pyridine rings is 1. The molecule has 1 aliphatic heterocycles. The molecule has 1 saturated heterocycles. The lowest BCUT2D eigenvalue weighted by molar-refractivity contribution is -0.121. The zero-order chi connectivity index (χ0) is 29.3. The number of benzene rings is 2. The second-order valence-electron chi connectivity index (χ2n) is 12.1. The normalized spacial score (nSPS) is 18.1. The molecule has 0 N–H and O–H groups in total. The van der Waals surface area contributed by atoms with Crippen molar-refractivity contribution in [2.45, 2.75) is 71.4 Å². The molecule has 0 unspecified atom stereocenters. The first-order chi connectivity index (χ1) is 19.6. The summed E-state index contributed by atoms with van der Waals surface area (Å²) in [5.74, 6) is 0.513. The number of hydrogen-bond acceptors (Lipinski definition) is 6. The molecule has 0 amide bonds. The van der Waals surface area contributed by atoms with E-state index in [0.29, 0.717) is 40.8 Å². The van der Waals surface area contributed by atoms with Crippen LogP contribution in [0.25, 0.3) is 11.1 Å². The Morgan fingerprint density at radius 3 is 2.56 bits per heavy atom. The number of ketones is 1. The van der Waals surface area contributed by atoms with Crippen molar-refractivity contribution in [1.29, 1.82) is 0 Å². The lowest BCUT2D eigenvalue weighted by atomic mass is 9.81. The Morgan fingerprint density at radius 1 is 1.12 bits per heavy atom. The Morgan fingerprint density at radius 2 is 1.90 bits per heavy atom. The molecule has 41 heavy (non-hydrogen) atoms. The zero-order valence-corrected chi connectivity index (χ0v) is 24.6. The lowest BCUT2D eigenvalue weighted by Gasteiger charge is -2.32. The average molecular weight is 559 g/mol. The van der Waals surface area contributed by atoms with E-state index in [0.717, 1.165) is 49.6 Å². The highest BCUT2D eigenvalue weighted by Crippen LogP contribution is 2.47. The average Bonchev–Trinajstić information content (AvgIpc) is 3.72. The summed E-state index contributed by atoms with van der Waals surface area (Å²) in [4.78, 5) is 32.0. The molecule has 2 fully saturated rings. The fourth-order valence-electron chi connectivity index (χ4n) is 6.14. The van der Waals surface area contributed by atoms with Crippen molar-refractivity contribution in [3.8, 4) is 22.8 Å². The molecule has 0 radical (unpaired) electrons. The Hall–Kier alpha value is -3.58. The molecule has 0 bridgehead atoms. The Kier molecular flexibility index (Phi) is 8.28. The van der Waals surface area contributed by atoms with Crippen molar-refractivity contribution in [2.24, 2.45) is 11.8 Å². The van der Waals surface area contributed by atoms with Gasteiger partial charge < -0.3 is 9.47 Å². The number of carbonyl (C=O) groups excluding carboxylic acids is 2. The maximum Gasteiger partial charge on any atom is 0.343 e. The third-order valence-electron chi connectivity index (χ3n) is 8.87. The summed E-state index contributed by atoms with van der Waals surface area (Å²) in [6, 6.07) is 14.4. The molecule has 7 heteroatoms. The summed E-state index contributed by atoms with van der Waals surface area (Å²) >= 11 is 0. The van der Waals surface area contributed by atoms with E-state index in [1.807, 2.05) is 31.2 Å². The van der Waals surface area contributed by atoms with E-state index in [2.05, 4.69) is 23.7 Å². The molecule has 2 atom stereocenters. The van der Waals surface area contributed by atoms with Crippen LogP contribution in [0.5, 0.6) is 11.6 Å². The number of carbonyl (C=O) groups is 2. The third kappa shape index (κ3) is 6.35. The van der Waals surface area contributed by atoms with Crippen molar-refractivity contribution >= 4 is 11.8 Å². The molecule has 5 rings (SSSR count). The predicted molar refractivity (Wildman–Crippen MR) is 157 cm³/mol. The molecule has 2 aromatic carbocycles. The molecule has 2 aliphatic rings. The van der Waals surface area contributed by atoms with Crippen LogP contribution in [0.3, 0.4) is 0 Å². The van der Waals surface area contributed by atoms with Crippen LogP contribution in [0.2, 0.25) is 0 Å². The Labute approximate surface area is 241 Å². The minimum atomic E-state index is -0.481. The van der Waals surface area contributed by atoms with E-state index < -0.39 is 11.8 Å². The van der Waals surface area contributed by atoms with Crippen molar-refractivity contribution in [2.75, 3.05) is 13.7 Å². The number of hydrogen-bond donors (Lipinski definition) is 0. The van der Waals surface area contributed by atoms with E-state index in [-0.39, 0.29) is 23.2 Å². The molecule has 2 heterocycles. The molecule has 216 valence electrons. The SMILES string of the molecule is COc1cc(-c2ccc(C(=O)Oc3cccc([C@H](C4CC4)[C@H](C)C(C)=O)c3)cc2CN2CCCC2(C)C)c(F)cn1. The number of halogens is 1. The van der Waals surface area contributed by atoms with Crippen LogP contribution >= 0.6 is 0 Å². The van der Waals surface area contributed by atoms with Crippen LogP contribution < -0.4 is 9.47 Å². The molecular weight excluding hydrogens is 519 g/mol. The summed E-state index contributed by atoms with van der Waals surface area (Å²) < 4.78 is 26.1. The van der Waals surface area contributed by atoms with Crippen LogP contribution in [-0.2, 0) is 11.3 Å². The monoisotopic (exact) mass is 558 g/mol. The van der Waals surface area contributed by atoms with Gasteiger partial charge in [0.25, 0.3) is 0 Å². The Bertz CT molecular complexity index is 1450. The van der Waals surface area contributed by atoms with Gasteiger partial charge >= 0.3 is 5.97 Å². The molecular formula is C34H39FN2O4. The third-order valence-corrected chi connectivity index (χ3v) is 8.87. The fourth-order valence-corrected chi connectivity index (χ4v) is 6.14. The van der Waals surface area contributed by atoms with Gasteiger partial charge in [-0.15, -0.1) is 0 Å². The smallest absolute Gasteiger partial charge is 0.343 e. The van der Waals surface area contributed by atoms with Crippen molar-refractivity contribution in [1.82, 2.24) is 9.88 Å². The van der Waals surface area contributed by atoms with E-state index in [1.165, 1.54) is 7.11 Å². The van der Waals surface area contributed by atoms with E-state index in [9.17, 15) is 9.59 Å². The Balaban J connectivity index is 1.45. The highest BCUT2D eigenvalue weighted by atomic mass is 19.1. The molecule has 1 aliphatic carbocycles. The minimum absolute atomic E-state index is 0.00217. The van der Waals surface area contributed by atoms with Crippen molar-refractivity contribution in [3.05, 3.63) is 77.2 Å². The number of aromatic nitrogens is 1. The number of ether oxygens (including phenoxy) is 2. The molecule has 1 saturated carbocycles. The summed E-state index contributed by atoms with van der Waals surface area (Å²) in [5.41, 5.74) is 3.31. The van der Waals surface area contributed by atoms with E-state index in [1.54, 1.807) is 31.2 Å². The van der Waals surface area contributed by atoms with Crippen molar-refractivity contribution < 1.29 is 23.5 Å². The number of likely N-dealkylation sites (tertiary alicyclic amines) is 1. The second-order valence-corrected chi connectivity index (χ2v) is 12.1. The standard InChI is InChI=1S/C34H39FN2O4/c1-21(22(2)38)32(23-10-11-23)24-8-6-9-27(17-24)41-33(39)25-12-13-28(29-18-31(40-5)36-19-30(29)35)26(16-25)20-37-15-7-14-34(37,3)4/h6,8-9,12-13,16-19,21,23,32H,7,10-11,14-15,20H2,1-5H3/t21-,32+/m1/s1. The van der Waals surface area contributed by atoms with Gasteiger partial charge in [-0.1, -0.05) is 25.1 Å². The maximum atomic E-state index is 15.0. The predicted octanol–water partition coefficient (Wildman–Crippen LogP) is 7.21. The minimum Gasteiger partial charge on any atom is -0.481 e. The van der Waals surface area contributed by atoms with Gasteiger partial charge in [0.05, 0.1) is 18.9 Å². The van der Waals surface area contributed by atoms with Crippen LogP contribution in [0.1, 0.15) is 80.8 Å². The number of nitrogens with zero attached hydrogens (tertiary/aromatic N) is 2. The first-order valence-corrected chi connectivity index (χ1v) is 14.5. The van der Waals surface area contributed by atoms with Gasteiger partial charge in [-0.3, -0.25) is 9.69 Å². The highest BCUT2D eigenvalue weighted by molar-refractivity contribution is 5.92. The van der Waals surface area contributed by atoms with Gasteiger partial charge in [-0.2, -0.15) is 0 Å². The topological polar surface area (TPSA) is 68.7 Å². The van der Waals surface area contributed by atoms with Crippen LogP contribution in [-0.4, -0.2) is 40.8 Å². The summed E-state index contributed by atoms with van der Waals surface area (Å²) in [7, 11) is 1.50. The number of methoxy groups -OCH3 is 1. The van der Waals surface area contributed by atoms with E-state index >= 15 is 4.39 Å². The molecule has 1 aromatic heterocycles. The molecule has 6 nitrogen and oxygen atoms in total. The highest BCUT2D eigenvalue weighted by Gasteiger charge is 2.37. The summed E-state index contributed by atoms with van der Waals surface area (Å²) in [5, 5.41) is 0. The quantitative estimate of drug-likeness (QED) is 0.194. The van der Waals surface area contributed by atoms with Gasteiger partial charge in [-0.25, -0.2) is 14.2 Å². The first-order valence-electron chi connectivity index (χ1n) is 14.5. The van der Waals surface area contributed by atoms with Gasteiger partial charge in [0.15, 0.2) is 0 Å². The summed E-state index contributed by atoms with van der Waals surface area (Å²) in [6.45, 7) is 9.54. The number of Topliss-reactive ketones (excluding diaryl/α,β-unsaturated/α-hetero) is 1.